The predicted molar refractivity (Wildman–Crippen MR) is 130 cm³/mol. The number of nitrogens with one attached hydrogen (secondary N) is 2. The molecule has 9 heteroatoms. The summed E-state index contributed by atoms with van der Waals surface area (Å²) in [6.07, 6.45) is 3.44. The number of hydrogen-bond donors (Lipinski definition) is 2. The Morgan fingerprint density at radius 2 is 1.47 bits per heavy atom. The van der Waals surface area contributed by atoms with Gasteiger partial charge in [0.1, 0.15) is 0 Å². The highest BCUT2D eigenvalue weighted by atomic mass is 35.5. The smallest absolute Gasteiger partial charge is 0.271 e. The maximum atomic E-state index is 11.0. The number of anilines is 2. The Kier molecular flexibility index (Phi) is 6.63. The summed E-state index contributed by atoms with van der Waals surface area (Å²) in [4.78, 5) is 21.4. The standard InChI is InChI=1S/C23H23ClN6O2/c1-29(12-10-27-20-6-8-25-22-14-16(24)2-4-18(20)22)13-11-28-21-7-9-26-23-15-17(30(31)32)3-5-19(21)23/h2-9,14-15H,10-13H2,1H3,(H,25,27)(H,26,28). The number of likely N-dealkylation sites (N-methyl/N-ethyl adjacent to an activating group) is 1. The van der Waals surface area contributed by atoms with E-state index >= 15 is 0 Å². The zero-order valence-corrected chi connectivity index (χ0v) is 18.3. The van der Waals surface area contributed by atoms with Crippen LogP contribution in [0, 0.1) is 10.1 Å². The van der Waals surface area contributed by atoms with Crippen molar-refractivity contribution in [3.05, 3.63) is 76.1 Å². The summed E-state index contributed by atoms with van der Waals surface area (Å²) in [6, 6.07) is 14.3. The van der Waals surface area contributed by atoms with Gasteiger partial charge in [-0.25, -0.2) is 0 Å². The lowest BCUT2D eigenvalue weighted by molar-refractivity contribution is -0.384. The Morgan fingerprint density at radius 3 is 2.06 bits per heavy atom. The lowest BCUT2D eigenvalue weighted by Crippen LogP contribution is -2.29. The van der Waals surface area contributed by atoms with Crippen molar-refractivity contribution in [1.82, 2.24) is 14.9 Å². The highest BCUT2D eigenvalue weighted by Gasteiger charge is 2.09. The molecule has 32 heavy (non-hydrogen) atoms. The van der Waals surface area contributed by atoms with Gasteiger partial charge in [0.15, 0.2) is 0 Å². The van der Waals surface area contributed by atoms with Crippen molar-refractivity contribution >= 4 is 50.5 Å². The summed E-state index contributed by atoms with van der Waals surface area (Å²) >= 11 is 6.06. The molecule has 0 amide bonds. The second kappa shape index (κ2) is 9.76. The van der Waals surface area contributed by atoms with E-state index in [-0.39, 0.29) is 5.69 Å². The molecule has 0 bridgehead atoms. The molecule has 2 heterocycles. The van der Waals surface area contributed by atoms with E-state index in [0.29, 0.717) is 10.5 Å². The van der Waals surface area contributed by atoms with E-state index in [1.54, 1.807) is 18.5 Å². The van der Waals surface area contributed by atoms with E-state index in [0.717, 1.165) is 53.8 Å². The van der Waals surface area contributed by atoms with Gasteiger partial charge in [-0.15, -0.1) is 0 Å². The molecule has 4 aromatic rings. The van der Waals surface area contributed by atoms with Crippen LogP contribution in [-0.4, -0.2) is 53.0 Å². The van der Waals surface area contributed by atoms with E-state index in [4.69, 9.17) is 11.6 Å². The second-order valence-electron chi connectivity index (χ2n) is 7.49. The van der Waals surface area contributed by atoms with Crippen LogP contribution in [-0.2, 0) is 0 Å². The number of nitro groups is 1. The summed E-state index contributed by atoms with van der Waals surface area (Å²) in [5.41, 5.74) is 3.47. The first-order valence-corrected chi connectivity index (χ1v) is 10.6. The number of aromatic nitrogens is 2. The molecule has 0 spiro atoms. The quantitative estimate of drug-likeness (QED) is 0.279. The van der Waals surface area contributed by atoms with Gasteiger partial charge in [0.2, 0.25) is 0 Å². The van der Waals surface area contributed by atoms with Crippen LogP contribution in [0.3, 0.4) is 0 Å². The van der Waals surface area contributed by atoms with Crippen molar-refractivity contribution in [2.24, 2.45) is 0 Å². The van der Waals surface area contributed by atoms with Gasteiger partial charge in [-0.2, -0.15) is 0 Å². The lowest BCUT2D eigenvalue weighted by atomic mass is 10.1. The van der Waals surface area contributed by atoms with Gasteiger partial charge in [0, 0.05) is 77.9 Å². The molecule has 0 unspecified atom stereocenters. The molecule has 2 N–H and O–H groups in total. The highest BCUT2D eigenvalue weighted by molar-refractivity contribution is 6.31. The van der Waals surface area contributed by atoms with E-state index in [1.807, 2.05) is 30.3 Å². The summed E-state index contributed by atoms with van der Waals surface area (Å²) in [5, 5.41) is 20.5. The third-order valence-electron chi connectivity index (χ3n) is 5.26. The largest absolute Gasteiger partial charge is 0.383 e. The molecular weight excluding hydrogens is 428 g/mol. The monoisotopic (exact) mass is 450 g/mol. The van der Waals surface area contributed by atoms with Gasteiger partial charge in [-0.3, -0.25) is 20.1 Å². The molecule has 0 aliphatic heterocycles. The molecule has 4 rings (SSSR count). The van der Waals surface area contributed by atoms with Crippen LogP contribution in [0.1, 0.15) is 0 Å². The van der Waals surface area contributed by atoms with Gasteiger partial charge in [-0.05, 0) is 43.4 Å². The van der Waals surface area contributed by atoms with Crippen LogP contribution in [0.15, 0.2) is 60.9 Å². The van der Waals surface area contributed by atoms with Gasteiger partial charge >= 0.3 is 0 Å². The Balaban J connectivity index is 1.29. The minimum atomic E-state index is -0.409. The maximum absolute atomic E-state index is 11.0. The minimum Gasteiger partial charge on any atom is -0.383 e. The number of hydrogen-bond acceptors (Lipinski definition) is 7. The van der Waals surface area contributed by atoms with Crippen molar-refractivity contribution in [3.63, 3.8) is 0 Å². The van der Waals surface area contributed by atoms with Crippen molar-refractivity contribution < 1.29 is 4.92 Å². The molecule has 0 aliphatic rings. The zero-order valence-electron chi connectivity index (χ0n) is 17.6. The molecule has 0 atom stereocenters. The van der Waals surface area contributed by atoms with E-state index < -0.39 is 4.92 Å². The van der Waals surface area contributed by atoms with Crippen LogP contribution in [0.25, 0.3) is 21.8 Å². The third kappa shape index (κ3) is 5.04. The van der Waals surface area contributed by atoms with Crippen molar-refractivity contribution in [2.75, 3.05) is 43.9 Å². The molecule has 8 nitrogen and oxygen atoms in total. The molecule has 0 saturated heterocycles. The number of non-ortho nitro benzene ring substituents is 1. The molecule has 2 aromatic heterocycles. The molecule has 0 fully saturated rings. The van der Waals surface area contributed by atoms with Crippen LogP contribution in [0.2, 0.25) is 5.02 Å². The third-order valence-corrected chi connectivity index (χ3v) is 5.49. The minimum absolute atomic E-state index is 0.0412. The Labute approximate surface area is 190 Å². The fourth-order valence-corrected chi connectivity index (χ4v) is 3.72. The Bertz CT molecular complexity index is 1270. The first kappa shape index (κ1) is 21.7. The van der Waals surface area contributed by atoms with Gasteiger partial charge in [0.25, 0.3) is 5.69 Å². The molecule has 0 saturated carbocycles. The number of nitrogens with zero attached hydrogens (tertiary/aromatic N) is 4. The van der Waals surface area contributed by atoms with Crippen molar-refractivity contribution in [1.29, 1.82) is 0 Å². The molecular formula is C23H23ClN6O2. The van der Waals surface area contributed by atoms with E-state index in [2.05, 4.69) is 32.5 Å². The topological polar surface area (TPSA) is 96.2 Å². The molecule has 0 aliphatic carbocycles. The summed E-state index contributed by atoms with van der Waals surface area (Å²) < 4.78 is 0. The first-order valence-electron chi connectivity index (χ1n) is 10.2. The van der Waals surface area contributed by atoms with Crippen LogP contribution >= 0.6 is 11.6 Å². The zero-order chi connectivity index (χ0) is 22.5. The number of nitro benzene ring substituents is 1. The van der Waals surface area contributed by atoms with Gasteiger partial charge in [-0.1, -0.05) is 11.6 Å². The Morgan fingerprint density at radius 1 is 0.906 bits per heavy atom. The fourth-order valence-electron chi connectivity index (χ4n) is 3.55. The molecule has 0 radical (unpaired) electrons. The number of rotatable bonds is 9. The van der Waals surface area contributed by atoms with Gasteiger partial charge in [0.05, 0.1) is 16.0 Å². The fraction of sp³-hybridized carbons (Fsp3) is 0.217. The molecule has 2 aromatic carbocycles. The van der Waals surface area contributed by atoms with Crippen LogP contribution in [0.4, 0.5) is 17.1 Å². The SMILES string of the molecule is CN(CCNc1ccnc2cc(Cl)ccc12)CCNc1ccnc2cc([N+](=O)[O-])ccc12. The van der Waals surface area contributed by atoms with Crippen LogP contribution < -0.4 is 10.6 Å². The first-order chi connectivity index (χ1) is 15.5. The maximum Gasteiger partial charge on any atom is 0.271 e. The molecule has 164 valence electrons. The van der Waals surface area contributed by atoms with Gasteiger partial charge < -0.3 is 15.5 Å². The summed E-state index contributed by atoms with van der Waals surface area (Å²) in [6.45, 7) is 3.23. The van der Waals surface area contributed by atoms with E-state index in [9.17, 15) is 10.1 Å². The average molecular weight is 451 g/mol. The van der Waals surface area contributed by atoms with Crippen LogP contribution in [0.5, 0.6) is 0 Å². The number of halogens is 1. The predicted octanol–water partition coefficient (Wildman–Crippen LogP) is 4.80. The number of fused-ring (bicyclic) bond motifs is 2. The highest BCUT2D eigenvalue weighted by Crippen LogP contribution is 2.26. The average Bonchev–Trinajstić information content (AvgIpc) is 2.78. The van der Waals surface area contributed by atoms with Crippen molar-refractivity contribution in [2.45, 2.75) is 0 Å². The second-order valence-corrected chi connectivity index (χ2v) is 7.93. The number of benzene rings is 2. The Hall–Kier alpha value is -3.49. The summed E-state index contributed by atoms with van der Waals surface area (Å²) in [7, 11) is 2.07. The lowest BCUT2D eigenvalue weighted by Gasteiger charge is -2.19. The number of pyridine rings is 2. The van der Waals surface area contributed by atoms with E-state index in [1.165, 1.54) is 12.1 Å². The van der Waals surface area contributed by atoms with Crippen molar-refractivity contribution in [3.8, 4) is 0 Å². The normalized spacial score (nSPS) is 11.2. The summed E-state index contributed by atoms with van der Waals surface area (Å²) in [5.74, 6) is 0.